The van der Waals surface area contributed by atoms with Gasteiger partial charge in [0.15, 0.2) is 10.1 Å². The van der Waals surface area contributed by atoms with Gasteiger partial charge in [0.05, 0.1) is 11.3 Å². The van der Waals surface area contributed by atoms with Gasteiger partial charge in [-0.1, -0.05) is 29.2 Å². The van der Waals surface area contributed by atoms with Crippen LogP contribution in [0.15, 0.2) is 22.5 Å². The van der Waals surface area contributed by atoms with Gasteiger partial charge in [-0.3, -0.25) is 4.79 Å². The molecule has 0 aliphatic rings. The maximum atomic E-state index is 11.9. The smallest absolute Gasteiger partial charge is 0.176 e. The van der Waals surface area contributed by atoms with Crippen molar-refractivity contribution in [2.75, 3.05) is 5.75 Å². The third-order valence-electron chi connectivity index (χ3n) is 2.29. The minimum atomic E-state index is -0.106. The Labute approximate surface area is 113 Å². The van der Waals surface area contributed by atoms with Crippen molar-refractivity contribution >= 4 is 28.9 Å². The summed E-state index contributed by atoms with van der Waals surface area (Å²) in [4.78, 5) is 11.9. The van der Waals surface area contributed by atoms with Gasteiger partial charge in [-0.25, -0.2) is 0 Å². The van der Waals surface area contributed by atoms with Crippen LogP contribution < -0.4 is 0 Å². The standard InChI is InChI=1S/C12H12N2O2S2/c1-7-3-4-9(10(15)5-7)11(16)6-17-12-14-13-8(2)18-12/h3-5,15H,6H2,1-2H3. The molecule has 18 heavy (non-hydrogen) atoms. The lowest BCUT2D eigenvalue weighted by Gasteiger charge is -2.03. The van der Waals surface area contributed by atoms with Gasteiger partial charge in [-0.15, -0.1) is 10.2 Å². The molecule has 1 N–H and O–H groups in total. The van der Waals surface area contributed by atoms with Crippen molar-refractivity contribution in [2.24, 2.45) is 0 Å². The van der Waals surface area contributed by atoms with Gasteiger partial charge in [-0.2, -0.15) is 0 Å². The number of benzene rings is 1. The molecule has 1 aromatic heterocycles. The average Bonchev–Trinajstić information content (AvgIpc) is 2.72. The number of thioether (sulfide) groups is 1. The lowest BCUT2D eigenvalue weighted by molar-refractivity contribution is 0.102. The highest BCUT2D eigenvalue weighted by Gasteiger charge is 2.12. The fourth-order valence-electron chi connectivity index (χ4n) is 1.42. The number of phenolic OH excluding ortho intramolecular Hbond substituents is 1. The molecule has 0 unspecified atom stereocenters. The molecule has 0 saturated carbocycles. The maximum Gasteiger partial charge on any atom is 0.176 e. The first-order valence-corrected chi connectivity index (χ1v) is 7.12. The molecule has 0 saturated heterocycles. The van der Waals surface area contributed by atoms with Gasteiger partial charge in [0.1, 0.15) is 10.8 Å². The molecule has 0 aliphatic carbocycles. The summed E-state index contributed by atoms with van der Waals surface area (Å²) < 4.78 is 0.771. The Bertz CT molecular complexity index is 581. The quantitative estimate of drug-likeness (QED) is 0.689. The van der Waals surface area contributed by atoms with Gasteiger partial charge in [0, 0.05) is 0 Å². The number of phenols is 1. The van der Waals surface area contributed by atoms with Crippen molar-refractivity contribution < 1.29 is 9.90 Å². The number of ketones is 1. The maximum absolute atomic E-state index is 11.9. The summed E-state index contributed by atoms with van der Waals surface area (Å²) in [5, 5.41) is 18.4. The zero-order chi connectivity index (χ0) is 13.1. The van der Waals surface area contributed by atoms with E-state index in [0.717, 1.165) is 14.9 Å². The van der Waals surface area contributed by atoms with E-state index in [0.29, 0.717) is 5.56 Å². The molecule has 1 aromatic carbocycles. The summed E-state index contributed by atoms with van der Waals surface area (Å²) >= 11 is 2.80. The number of carbonyl (C=O) groups is 1. The summed E-state index contributed by atoms with van der Waals surface area (Å²) in [5.74, 6) is 0.185. The SMILES string of the molecule is Cc1ccc(C(=O)CSc2nnc(C)s2)c(O)c1. The summed E-state index contributed by atoms with van der Waals surface area (Å²) in [6.07, 6.45) is 0. The van der Waals surface area contributed by atoms with Gasteiger partial charge < -0.3 is 5.11 Å². The second-order valence-corrected chi connectivity index (χ2v) is 6.22. The third kappa shape index (κ3) is 3.08. The molecule has 94 valence electrons. The van der Waals surface area contributed by atoms with Crippen LogP contribution in [0.3, 0.4) is 0 Å². The summed E-state index contributed by atoms with van der Waals surface area (Å²) in [7, 11) is 0. The van der Waals surface area contributed by atoms with E-state index in [4.69, 9.17) is 0 Å². The van der Waals surface area contributed by atoms with Crippen LogP contribution in [0.25, 0.3) is 0 Å². The molecule has 0 atom stereocenters. The van der Waals surface area contributed by atoms with Crippen LogP contribution in [0, 0.1) is 13.8 Å². The molecule has 2 rings (SSSR count). The number of hydrogen-bond donors (Lipinski definition) is 1. The molecule has 0 radical (unpaired) electrons. The number of aromatic hydroxyl groups is 1. The summed E-state index contributed by atoms with van der Waals surface area (Å²) in [5.41, 5.74) is 1.28. The van der Waals surface area contributed by atoms with Crippen molar-refractivity contribution in [3.05, 3.63) is 34.3 Å². The van der Waals surface area contributed by atoms with Crippen molar-refractivity contribution in [2.45, 2.75) is 18.2 Å². The third-order valence-corrected chi connectivity index (χ3v) is 4.26. The zero-order valence-corrected chi connectivity index (χ0v) is 11.6. The van der Waals surface area contributed by atoms with Gasteiger partial charge in [0.2, 0.25) is 0 Å². The van der Waals surface area contributed by atoms with Gasteiger partial charge in [0.25, 0.3) is 0 Å². The van der Waals surface area contributed by atoms with E-state index >= 15 is 0 Å². The summed E-state index contributed by atoms with van der Waals surface area (Å²) in [6.45, 7) is 3.74. The Kier molecular flexibility index (Phi) is 3.98. The predicted octanol–water partition coefficient (Wildman–Crippen LogP) is 2.84. The monoisotopic (exact) mass is 280 g/mol. The molecule has 6 heteroatoms. The number of rotatable bonds is 4. The van der Waals surface area contributed by atoms with Gasteiger partial charge >= 0.3 is 0 Å². The molecule has 0 amide bonds. The number of nitrogens with zero attached hydrogens (tertiary/aromatic N) is 2. The largest absolute Gasteiger partial charge is 0.507 e. The molecule has 4 nitrogen and oxygen atoms in total. The first kappa shape index (κ1) is 13.0. The van der Waals surface area contributed by atoms with Crippen LogP contribution in [-0.4, -0.2) is 26.8 Å². The molecule has 1 heterocycles. The Hall–Kier alpha value is -1.40. The van der Waals surface area contributed by atoms with Crippen LogP contribution >= 0.6 is 23.1 Å². The molecule has 0 fully saturated rings. The second kappa shape index (κ2) is 5.49. The lowest BCUT2D eigenvalue weighted by atomic mass is 10.1. The highest BCUT2D eigenvalue weighted by Crippen LogP contribution is 2.25. The topological polar surface area (TPSA) is 63.1 Å². The van der Waals surface area contributed by atoms with E-state index < -0.39 is 0 Å². The molecule has 2 aromatic rings. The van der Waals surface area contributed by atoms with Crippen LogP contribution in [-0.2, 0) is 0 Å². The van der Waals surface area contributed by atoms with E-state index in [1.165, 1.54) is 23.1 Å². The fourth-order valence-corrected chi connectivity index (χ4v) is 3.12. The van der Waals surface area contributed by atoms with Crippen molar-refractivity contribution in [1.82, 2.24) is 10.2 Å². The molecule has 0 aliphatic heterocycles. The minimum Gasteiger partial charge on any atom is -0.507 e. The number of aromatic nitrogens is 2. The molecular weight excluding hydrogens is 268 g/mol. The number of aryl methyl sites for hydroxylation is 2. The number of Topliss-reactive ketones (excluding diaryl/α,β-unsaturated/α-hetero) is 1. The van der Waals surface area contributed by atoms with E-state index in [1.807, 2.05) is 19.9 Å². The molecule has 0 spiro atoms. The first-order chi connectivity index (χ1) is 8.56. The Balaban J connectivity index is 2.03. The molecule has 0 bridgehead atoms. The normalized spacial score (nSPS) is 10.6. The Morgan fingerprint density at radius 3 is 2.78 bits per heavy atom. The van der Waals surface area contributed by atoms with E-state index in [1.54, 1.807) is 12.1 Å². The van der Waals surface area contributed by atoms with Crippen molar-refractivity contribution in [3.8, 4) is 5.75 Å². The van der Waals surface area contributed by atoms with Gasteiger partial charge in [-0.05, 0) is 31.5 Å². The van der Waals surface area contributed by atoms with Crippen LogP contribution in [0.5, 0.6) is 5.75 Å². The van der Waals surface area contributed by atoms with Crippen LogP contribution in [0.1, 0.15) is 20.9 Å². The lowest BCUT2D eigenvalue weighted by Crippen LogP contribution is -2.02. The van der Waals surface area contributed by atoms with E-state index in [-0.39, 0.29) is 17.3 Å². The van der Waals surface area contributed by atoms with Crippen molar-refractivity contribution in [3.63, 3.8) is 0 Å². The van der Waals surface area contributed by atoms with E-state index in [2.05, 4.69) is 10.2 Å². The van der Waals surface area contributed by atoms with Crippen molar-refractivity contribution in [1.29, 1.82) is 0 Å². The summed E-state index contributed by atoms with van der Waals surface area (Å²) in [6, 6.07) is 5.05. The first-order valence-electron chi connectivity index (χ1n) is 5.32. The fraction of sp³-hybridized carbons (Fsp3) is 0.250. The zero-order valence-electron chi connectivity index (χ0n) is 10.0. The van der Waals surface area contributed by atoms with Crippen LogP contribution in [0.4, 0.5) is 0 Å². The Morgan fingerprint density at radius 1 is 1.39 bits per heavy atom. The number of carbonyl (C=O) groups excluding carboxylic acids is 1. The minimum absolute atomic E-state index is 0.0362. The average molecular weight is 280 g/mol. The Morgan fingerprint density at radius 2 is 2.17 bits per heavy atom. The van der Waals surface area contributed by atoms with E-state index in [9.17, 15) is 9.90 Å². The second-order valence-electron chi connectivity index (χ2n) is 3.82. The highest BCUT2D eigenvalue weighted by molar-refractivity contribution is 8.01. The predicted molar refractivity (Wildman–Crippen MR) is 72.5 cm³/mol. The van der Waals surface area contributed by atoms with Crippen LogP contribution in [0.2, 0.25) is 0 Å². The molecular formula is C12H12N2O2S2. The number of hydrogen-bond acceptors (Lipinski definition) is 6. The highest BCUT2D eigenvalue weighted by atomic mass is 32.2.